The van der Waals surface area contributed by atoms with Gasteiger partial charge in [0.1, 0.15) is 0 Å². The van der Waals surface area contributed by atoms with Crippen LogP contribution in [0.15, 0.2) is 36.4 Å². The number of benzene rings is 2. The molecule has 0 unspecified atom stereocenters. The van der Waals surface area contributed by atoms with Crippen LogP contribution in [-0.2, 0) is 25.7 Å². The first-order valence-electron chi connectivity index (χ1n) is 8.22. The summed E-state index contributed by atoms with van der Waals surface area (Å²) in [5.74, 6) is 0. The highest BCUT2D eigenvalue weighted by Crippen LogP contribution is 2.28. The van der Waals surface area contributed by atoms with E-state index in [0.717, 1.165) is 25.7 Å². The van der Waals surface area contributed by atoms with E-state index < -0.39 is 0 Å². The van der Waals surface area contributed by atoms with Crippen LogP contribution in [0.5, 0.6) is 0 Å². The van der Waals surface area contributed by atoms with Crippen LogP contribution >= 0.6 is 0 Å². The number of hydrogen-bond acceptors (Lipinski definition) is 1. The molecule has 2 aromatic carbocycles. The Morgan fingerprint density at radius 2 is 1.24 bits per heavy atom. The van der Waals surface area contributed by atoms with Crippen LogP contribution in [0.4, 0.5) is 11.4 Å². The average molecular weight is 281 g/mol. The molecule has 0 heterocycles. The van der Waals surface area contributed by atoms with Crippen molar-refractivity contribution in [2.75, 3.05) is 5.32 Å². The Morgan fingerprint density at radius 1 is 0.714 bits per heavy atom. The van der Waals surface area contributed by atoms with Gasteiger partial charge in [-0.2, -0.15) is 0 Å². The topological polar surface area (TPSA) is 12.0 Å². The smallest absolute Gasteiger partial charge is 0.0449 e. The zero-order valence-electron chi connectivity index (χ0n) is 13.8. The van der Waals surface area contributed by atoms with Gasteiger partial charge in [-0.15, -0.1) is 0 Å². The Hall–Kier alpha value is -1.76. The molecule has 1 N–H and O–H groups in total. The first-order chi connectivity index (χ1) is 10.2. The normalized spacial score (nSPS) is 10.7. The Bertz CT molecular complexity index is 554. The van der Waals surface area contributed by atoms with Gasteiger partial charge in [-0.05, 0) is 60.1 Å². The number of nitrogens with one attached hydrogen (secondary N) is 1. The van der Waals surface area contributed by atoms with E-state index in [9.17, 15) is 0 Å². The minimum atomic E-state index is 1.06. The molecule has 1 nitrogen and oxygen atoms in total. The van der Waals surface area contributed by atoms with Crippen molar-refractivity contribution in [3.8, 4) is 0 Å². The van der Waals surface area contributed by atoms with Gasteiger partial charge >= 0.3 is 0 Å². The summed E-state index contributed by atoms with van der Waals surface area (Å²) >= 11 is 0. The lowest BCUT2D eigenvalue weighted by Gasteiger charge is -2.17. The maximum absolute atomic E-state index is 3.69. The number of para-hydroxylation sites is 1. The van der Waals surface area contributed by atoms with Crippen LogP contribution < -0.4 is 5.32 Å². The van der Waals surface area contributed by atoms with Gasteiger partial charge in [0.25, 0.3) is 0 Å². The Morgan fingerprint density at radius 3 is 1.67 bits per heavy atom. The monoisotopic (exact) mass is 281 g/mol. The number of anilines is 2. The molecule has 0 fully saturated rings. The Balaban J connectivity index is 2.42. The van der Waals surface area contributed by atoms with E-state index in [1.165, 1.54) is 33.6 Å². The van der Waals surface area contributed by atoms with E-state index in [0.29, 0.717) is 0 Å². The van der Waals surface area contributed by atoms with Crippen molar-refractivity contribution in [3.63, 3.8) is 0 Å². The molecule has 0 saturated heterocycles. The molecule has 0 bridgehead atoms. The third-order valence-electron chi connectivity index (χ3n) is 4.14. The second-order valence-corrected chi connectivity index (χ2v) is 5.53. The first-order valence-corrected chi connectivity index (χ1v) is 8.22. The summed E-state index contributed by atoms with van der Waals surface area (Å²) in [6, 6.07) is 13.5. The summed E-state index contributed by atoms with van der Waals surface area (Å²) in [6.07, 6.45) is 4.28. The summed E-state index contributed by atoms with van der Waals surface area (Å²) in [6.45, 7) is 8.88. The van der Waals surface area contributed by atoms with E-state index in [4.69, 9.17) is 0 Å². The second-order valence-electron chi connectivity index (χ2n) is 5.53. The van der Waals surface area contributed by atoms with Crippen molar-refractivity contribution in [3.05, 3.63) is 58.7 Å². The van der Waals surface area contributed by atoms with E-state index >= 15 is 0 Å². The van der Waals surface area contributed by atoms with Crippen molar-refractivity contribution in [1.29, 1.82) is 0 Å². The molecule has 0 aliphatic rings. The van der Waals surface area contributed by atoms with Crippen molar-refractivity contribution in [2.45, 2.75) is 53.4 Å². The zero-order chi connectivity index (χ0) is 15.2. The van der Waals surface area contributed by atoms with E-state index in [-0.39, 0.29) is 0 Å². The molecule has 21 heavy (non-hydrogen) atoms. The summed E-state index contributed by atoms with van der Waals surface area (Å²) < 4.78 is 0. The highest BCUT2D eigenvalue weighted by Gasteiger charge is 2.07. The Labute approximate surface area is 129 Å². The van der Waals surface area contributed by atoms with Gasteiger partial charge in [-0.1, -0.05) is 52.0 Å². The minimum Gasteiger partial charge on any atom is -0.355 e. The molecule has 0 saturated carbocycles. The first kappa shape index (κ1) is 15.6. The second kappa shape index (κ2) is 7.31. The predicted octanol–water partition coefficient (Wildman–Crippen LogP) is 5.68. The van der Waals surface area contributed by atoms with Crippen molar-refractivity contribution < 1.29 is 0 Å². The summed E-state index contributed by atoms with van der Waals surface area (Å²) in [5.41, 5.74) is 8.14. The molecule has 0 radical (unpaired) electrons. The van der Waals surface area contributed by atoms with Gasteiger partial charge in [-0.3, -0.25) is 0 Å². The molecule has 0 amide bonds. The van der Waals surface area contributed by atoms with Gasteiger partial charge in [0.2, 0.25) is 0 Å². The lowest BCUT2D eigenvalue weighted by molar-refractivity contribution is 1.08. The maximum Gasteiger partial charge on any atom is 0.0449 e. The van der Waals surface area contributed by atoms with Gasteiger partial charge in [0.05, 0.1) is 0 Å². The van der Waals surface area contributed by atoms with Crippen molar-refractivity contribution in [1.82, 2.24) is 0 Å². The molecule has 2 rings (SSSR count). The van der Waals surface area contributed by atoms with Crippen LogP contribution in [0.1, 0.15) is 49.9 Å². The fraction of sp³-hybridized carbons (Fsp3) is 0.400. The van der Waals surface area contributed by atoms with Crippen LogP contribution in [0.3, 0.4) is 0 Å². The third kappa shape index (κ3) is 3.66. The SMILES string of the molecule is CCc1cc(CC)cc(Nc2c(CC)cccc2CC)c1. The van der Waals surface area contributed by atoms with Crippen LogP contribution in [0.25, 0.3) is 0 Å². The molecule has 1 heteroatoms. The van der Waals surface area contributed by atoms with Crippen molar-refractivity contribution in [2.24, 2.45) is 0 Å². The van der Waals surface area contributed by atoms with Crippen LogP contribution in [0.2, 0.25) is 0 Å². The lowest BCUT2D eigenvalue weighted by Crippen LogP contribution is -2.01. The van der Waals surface area contributed by atoms with Gasteiger partial charge in [0.15, 0.2) is 0 Å². The largest absolute Gasteiger partial charge is 0.355 e. The highest BCUT2D eigenvalue weighted by atomic mass is 14.9. The van der Waals surface area contributed by atoms with Gasteiger partial charge in [-0.25, -0.2) is 0 Å². The number of hydrogen-bond donors (Lipinski definition) is 1. The molecule has 0 spiro atoms. The summed E-state index contributed by atoms with van der Waals surface area (Å²) in [5, 5.41) is 3.69. The van der Waals surface area contributed by atoms with E-state index in [1.807, 2.05) is 0 Å². The minimum absolute atomic E-state index is 1.06. The Kier molecular flexibility index (Phi) is 5.44. The van der Waals surface area contributed by atoms with Gasteiger partial charge < -0.3 is 5.32 Å². The lowest BCUT2D eigenvalue weighted by atomic mass is 10.0. The summed E-state index contributed by atoms with van der Waals surface area (Å²) in [7, 11) is 0. The van der Waals surface area contributed by atoms with E-state index in [1.54, 1.807) is 0 Å². The quantitative estimate of drug-likeness (QED) is 0.718. The zero-order valence-corrected chi connectivity index (χ0v) is 13.8. The number of rotatable bonds is 6. The number of aryl methyl sites for hydroxylation is 4. The third-order valence-corrected chi connectivity index (χ3v) is 4.14. The fourth-order valence-electron chi connectivity index (χ4n) is 2.79. The average Bonchev–Trinajstić information content (AvgIpc) is 2.54. The molecular weight excluding hydrogens is 254 g/mol. The molecule has 0 atom stereocenters. The summed E-state index contributed by atoms with van der Waals surface area (Å²) in [4.78, 5) is 0. The molecule has 0 aromatic heterocycles. The maximum atomic E-state index is 3.69. The predicted molar refractivity (Wildman–Crippen MR) is 93.7 cm³/mol. The standard InChI is InChI=1S/C20H27N/c1-5-15-12-16(6-2)14-19(13-15)21-20-17(7-3)10-9-11-18(20)8-4/h9-14,21H,5-8H2,1-4H3. The molecule has 0 aliphatic carbocycles. The van der Waals surface area contributed by atoms with Crippen molar-refractivity contribution >= 4 is 11.4 Å². The highest BCUT2D eigenvalue weighted by molar-refractivity contribution is 5.68. The molecule has 2 aromatic rings. The fourth-order valence-corrected chi connectivity index (χ4v) is 2.79. The van der Waals surface area contributed by atoms with Gasteiger partial charge in [0, 0.05) is 11.4 Å². The molecule has 0 aliphatic heterocycles. The molecule has 112 valence electrons. The van der Waals surface area contributed by atoms with Crippen LogP contribution in [0, 0.1) is 0 Å². The van der Waals surface area contributed by atoms with E-state index in [2.05, 4.69) is 69.4 Å². The molecular formula is C20H27N. The van der Waals surface area contributed by atoms with Crippen LogP contribution in [-0.4, -0.2) is 0 Å².